The van der Waals surface area contributed by atoms with Crippen LogP contribution in [0.1, 0.15) is 96.8 Å². The van der Waals surface area contributed by atoms with E-state index in [1.165, 1.54) is 70.6 Å². The second-order valence-electron chi connectivity index (χ2n) is 5.73. The van der Waals surface area contributed by atoms with Crippen LogP contribution in [-0.4, -0.2) is 51.1 Å². The fourth-order valence-corrected chi connectivity index (χ4v) is 2.35. The Morgan fingerprint density at radius 2 is 1.13 bits per heavy atom. The molecule has 23 heavy (non-hydrogen) atoms. The maximum absolute atomic E-state index is 10.3. The van der Waals surface area contributed by atoms with Crippen LogP contribution in [0.2, 0.25) is 0 Å². The molecule has 0 aliphatic rings. The van der Waals surface area contributed by atoms with Gasteiger partial charge in [0, 0.05) is 6.42 Å². The Morgan fingerprint density at radius 1 is 0.739 bits per heavy atom. The molecule has 134 valence electrons. The number of carbonyl (C=O) groups is 1. The molecule has 3 N–H and O–H groups in total. The van der Waals surface area contributed by atoms with E-state index in [0.717, 1.165) is 12.8 Å². The van der Waals surface area contributed by atoms with Gasteiger partial charge in [-0.15, -0.1) is 0 Å². The minimum absolute atomic E-state index is 0. The average molecular weight is 340 g/mol. The topological polar surface area (TPSA) is 77.8 Å². The van der Waals surface area contributed by atoms with E-state index in [9.17, 15) is 4.79 Å². The monoisotopic (exact) mass is 340 g/mol. The van der Waals surface area contributed by atoms with Gasteiger partial charge in [0.05, 0.1) is 0 Å². The molecule has 0 amide bonds. The van der Waals surface area contributed by atoms with Crippen molar-refractivity contribution in [2.75, 3.05) is 0 Å². The van der Waals surface area contributed by atoms with Crippen molar-refractivity contribution in [2.24, 2.45) is 0 Å². The standard InChI is InChI=1S/C18H34O2.Na.H2O2.H/c1-2-3-4-5-6-7-8-9-10-11-12-13-14-15-16-17-18(19)20;;1-2;/h9-10H,2-8,11-17H2,1H3,(H,19,20);;1-2H;/b10-9-;;;. The van der Waals surface area contributed by atoms with E-state index in [-0.39, 0.29) is 29.6 Å². The van der Waals surface area contributed by atoms with Gasteiger partial charge in [-0.2, -0.15) is 0 Å². The first-order chi connectivity index (χ1) is 10.8. The second kappa shape index (κ2) is 27.0. The Labute approximate surface area is 164 Å². The molecule has 0 aromatic carbocycles. The van der Waals surface area contributed by atoms with Gasteiger partial charge in [-0.25, -0.2) is 0 Å². The molecule has 0 spiro atoms. The molecule has 0 unspecified atom stereocenters. The number of allylic oxidation sites excluding steroid dienone is 2. The number of unbranched alkanes of at least 4 members (excludes halogenated alkanes) is 11. The Balaban J connectivity index is -0.00000128. The third-order valence-electron chi connectivity index (χ3n) is 3.65. The maximum atomic E-state index is 10.3. The molecule has 0 atom stereocenters. The zero-order valence-corrected chi connectivity index (χ0v) is 14.3. The predicted molar refractivity (Wildman–Crippen MR) is 99.5 cm³/mol. The summed E-state index contributed by atoms with van der Waals surface area (Å²) in [7, 11) is 0. The molecule has 0 rings (SSSR count). The molecular weight excluding hydrogens is 303 g/mol. The minimum atomic E-state index is -0.664. The van der Waals surface area contributed by atoms with Crippen molar-refractivity contribution < 1.29 is 20.4 Å². The van der Waals surface area contributed by atoms with Crippen molar-refractivity contribution in [1.29, 1.82) is 0 Å². The van der Waals surface area contributed by atoms with Crippen LogP contribution in [0, 0.1) is 0 Å². The molecule has 0 saturated heterocycles. The van der Waals surface area contributed by atoms with Gasteiger partial charge in [0.25, 0.3) is 0 Å². The fraction of sp³-hybridized carbons (Fsp3) is 0.833. The zero-order chi connectivity index (χ0) is 16.9. The normalized spacial score (nSPS) is 10.0. The van der Waals surface area contributed by atoms with Crippen molar-refractivity contribution in [3.8, 4) is 0 Å². The number of rotatable bonds is 15. The number of hydrogen-bond acceptors (Lipinski definition) is 3. The Morgan fingerprint density at radius 3 is 1.57 bits per heavy atom. The number of carboxylic acid groups (broad SMARTS) is 1. The van der Waals surface area contributed by atoms with Gasteiger partial charge in [0.2, 0.25) is 0 Å². The van der Waals surface area contributed by atoms with E-state index in [2.05, 4.69) is 19.1 Å². The molecule has 0 aliphatic heterocycles. The summed E-state index contributed by atoms with van der Waals surface area (Å²) >= 11 is 0. The van der Waals surface area contributed by atoms with Crippen LogP contribution in [0.25, 0.3) is 0 Å². The van der Waals surface area contributed by atoms with E-state index < -0.39 is 5.97 Å². The van der Waals surface area contributed by atoms with Crippen molar-refractivity contribution >= 4 is 35.5 Å². The van der Waals surface area contributed by atoms with E-state index in [4.69, 9.17) is 15.6 Å². The summed E-state index contributed by atoms with van der Waals surface area (Å²) in [6.45, 7) is 2.26. The van der Waals surface area contributed by atoms with Gasteiger partial charge in [0.15, 0.2) is 0 Å². The van der Waals surface area contributed by atoms with Gasteiger partial charge in [0.1, 0.15) is 0 Å². The van der Waals surface area contributed by atoms with Crippen molar-refractivity contribution in [2.45, 2.75) is 96.8 Å². The SMILES string of the molecule is CCCCCCCC/C=C\CCCCCCCC(=O)O.OO.[NaH]. The van der Waals surface area contributed by atoms with Gasteiger partial charge in [-0.05, 0) is 32.1 Å². The van der Waals surface area contributed by atoms with E-state index in [1.54, 1.807) is 0 Å². The summed E-state index contributed by atoms with van der Waals surface area (Å²) in [5, 5.41) is 20.5. The summed E-state index contributed by atoms with van der Waals surface area (Å²) in [4.78, 5) is 10.3. The van der Waals surface area contributed by atoms with Gasteiger partial charge < -0.3 is 5.11 Å². The molecule has 0 aliphatic carbocycles. The zero-order valence-electron chi connectivity index (χ0n) is 14.3. The van der Waals surface area contributed by atoms with E-state index >= 15 is 0 Å². The first-order valence-electron chi connectivity index (χ1n) is 8.84. The average Bonchev–Trinajstić information content (AvgIpc) is 2.53. The second-order valence-corrected chi connectivity index (χ2v) is 5.73. The van der Waals surface area contributed by atoms with E-state index in [0.29, 0.717) is 6.42 Å². The molecule has 0 aromatic heterocycles. The summed E-state index contributed by atoms with van der Waals surface area (Å²) in [5.41, 5.74) is 0. The predicted octanol–water partition coefficient (Wildman–Crippen LogP) is 5.48. The Bertz CT molecular complexity index is 245. The molecule has 0 saturated carbocycles. The van der Waals surface area contributed by atoms with Crippen molar-refractivity contribution in [1.82, 2.24) is 0 Å². The van der Waals surface area contributed by atoms with Crippen LogP contribution in [0.15, 0.2) is 12.2 Å². The summed E-state index contributed by atoms with van der Waals surface area (Å²) < 4.78 is 0. The van der Waals surface area contributed by atoms with E-state index in [1.807, 2.05) is 0 Å². The molecule has 0 bridgehead atoms. The number of hydrogen-bond donors (Lipinski definition) is 3. The Hall–Kier alpha value is 0.130. The fourth-order valence-electron chi connectivity index (χ4n) is 2.35. The van der Waals surface area contributed by atoms with Crippen LogP contribution in [0.4, 0.5) is 0 Å². The van der Waals surface area contributed by atoms with Crippen LogP contribution >= 0.6 is 0 Å². The van der Waals surface area contributed by atoms with Gasteiger partial charge in [-0.1, -0.05) is 70.4 Å². The van der Waals surface area contributed by atoms with Crippen LogP contribution < -0.4 is 0 Å². The summed E-state index contributed by atoms with van der Waals surface area (Å²) in [6.07, 6.45) is 21.2. The molecular formula is C18H37NaO4. The van der Waals surface area contributed by atoms with Crippen LogP contribution in [0.3, 0.4) is 0 Å². The third-order valence-corrected chi connectivity index (χ3v) is 3.65. The van der Waals surface area contributed by atoms with Gasteiger partial charge in [-0.3, -0.25) is 15.3 Å². The molecule has 5 heteroatoms. The molecule has 0 aromatic rings. The Kier molecular flexibility index (Phi) is 32.8. The summed E-state index contributed by atoms with van der Waals surface area (Å²) in [6, 6.07) is 0. The molecule has 4 nitrogen and oxygen atoms in total. The quantitative estimate of drug-likeness (QED) is 0.121. The van der Waals surface area contributed by atoms with Crippen LogP contribution in [-0.2, 0) is 4.79 Å². The molecule has 0 radical (unpaired) electrons. The molecule has 0 heterocycles. The van der Waals surface area contributed by atoms with Crippen molar-refractivity contribution in [3.63, 3.8) is 0 Å². The summed E-state index contributed by atoms with van der Waals surface area (Å²) in [5.74, 6) is -0.664. The number of carboxylic acids is 1. The van der Waals surface area contributed by atoms with Gasteiger partial charge >= 0.3 is 35.5 Å². The molecule has 0 fully saturated rings. The third kappa shape index (κ3) is 30.6. The first kappa shape index (κ1) is 28.0. The van der Waals surface area contributed by atoms with Crippen LogP contribution in [0.5, 0.6) is 0 Å². The first-order valence-corrected chi connectivity index (χ1v) is 8.84. The number of aliphatic carboxylic acids is 1. The van der Waals surface area contributed by atoms with Crippen molar-refractivity contribution in [3.05, 3.63) is 12.2 Å².